The molecule has 0 aromatic heterocycles. The highest BCUT2D eigenvalue weighted by Crippen LogP contribution is 2.35. The molecule has 2 aliphatic rings. The van der Waals surface area contributed by atoms with Gasteiger partial charge in [-0.3, -0.25) is 19.3 Å². The lowest BCUT2D eigenvalue weighted by atomic mass is 9.81. The largest absolute Gasteiger partial charge is 0.348 e. The summed E-state index contributed by atoms with van der Waals surface area (Å²) < 4.78 is 0. The number of aryl methyl sites for hydroxylation is 1. The first-order valence-corrected chi connectivity index (χ1v) is 14.3. The van der Waals surface area contributed by atoms with Gasteiger partial charge < -0.3 is 15.5 Å². The molecule has 212 valence electrons. The van der Waals surface area contributed by atoms with E-state index < -0.39 is 6.03 Å². The van der Waals surface area contributed by atoms with E-state index in [0.29, 0.717) is 41.2 Å². The molecule has 1 heterocycles. The van der Waals surface area contributed by atoms with E-state index in [4.69, 9.17) is 11.6 Å². The fraction of sp³-hybridized carbons (Fsp3) is 0.312. The number of carbonyl (C=O) groups excluding carboxylic acids is 4. The van der Waals surface area contributed by atoms with Crippen LogP contribution in [0.3, 0.4) is 0 Å². The van der Waals surface area contributed by atoms with Gasteiger partial charge in [-0.1, -0.05) is 72.5 Å². The summed E-state index contributed by atoms with van der Waals surface area (Å²) in [4.78, 5) is 55.5. The fourth-order valence-corrected chi connectivity index (χ4v) is 5.75. The summed E-state index contributed by atoms with van der Waals surface area (Å²) in [6.45, 7) is 2.21. The molecule has 2 atom stereocenters. The average molecular weight is 573 g/mol. The summed E-state index contributed by atoms with van der Waals surface area (Å²) >= 11 is 6.18. The number of urea groups is 1. The SMILES string of the molecule is Cc1ccc(NC(=O)CN2C(=O)N(Cc3ccc(C(=O)NCc4ccccc4Cl)cc3)C(=O)C3CCCCC32)cc1. The van der Waals surface area contributed by atoms with E-state index in [1.165, 1.54) is 4.90 Å². The topological polar surface area (TPSA) is 98.8 Å². The molecule has 2 fully saturated rings. The molecular weight excluding hydrogens is 540 g/mol. The molecule has 2 N–H and O–H groups in total. The Morgan fingerprint density at radius 2 is 1.63 bits per heavy atom. The van der Waals surface area contributed by atoms with E-state index >= 15 is 0 Å². The molecule has 3 aromatic carbocycles. The van der Waals surface area contributed by atoms with E-state index in [1.807, 2.05) is 49.4 Å². The van der Waals surface area contributed by atoms with Gasteiger partial charge in [-0.25, -0.2) is 4.79 Å². The highest BCUT2D eigenvalue weighted by molar-refractivity contribution is 6.31. The number of amides is 5. The highest BCUT2D eigenvalue weighted by atomic mass is 35.5. The van der Waals surface area contributed by atoms with Gasteiger partial charge in [0.25, 0.3) is 5.91 Å². The minimum absolute atomic E-state index is 0.0679. The number of imide groups is 1. The summed E-state index contributed by atoms with van der Waals surface area (Å²) in [5.41, 5.74) is 3.74. The lowest BCUT2D eigenvalue weighted by Gasteiger charge is -2.46. The molecule has 9 heteroatoms. The molecule has 0 bridgehead atoms. The Bertz CT molecular complexity index is 1440. The molecule has 0 spiro atoms. The Balaban J connectivity index is 1.26. The quantitative estimate of drug-likeness (QED) is 0.370. The Labute approximate surface area is 244 Å². The van der Waals surface area contributed by atoms with Crippen LogP contribution in [0.1, 0.15) is 52.7 Å². The van der Waals surface area contributed by atoms with E-state index in [-0.39, 0.29) is 42.8 Å². The molecule has 1 saturated heterocycles. The Hall–Kier alpha value is -4.17. The van der Waals surface area contributed by atoms with Crippen molar-refractivity contribution in [3.8, 4) is 0 Å². The van der Waals surface area contributed by atoms with Gasteiger partial charge in [0.05, 0.1) is 12.5 Å². The van der Waals surface area contributed by atoms with Crippen LogP contribution in [-0.4, -0.2) is 46.1 Å². The van der Waals surface area contributed by atoms with Gasteiger partial charge in [0, 0.05) is 28.9 Å². The Kier molecular flexibility index (Phi) is 8.69. The molecule has 0 radical (unpaired) electrons. The van der Waals surface area contributed by atoms with Gasteiger partial charge in [-0.05, 0) is 61.2 Å². The maximum absolute atomic E-state index is 13.6. The van der Waals surface area contributed by atoms with E-state index in [0.717, 1.165) is 24.0 Å². The van der Waals surface area contributed by atoms with E-state index in [9.17, 15) is 19.2 Å². The van der Waals surface area contributed by atoms with Gasteiger partial charge in [0.15, 0.2) is 0 Å². The lowest BCUT2D eigenvalue weighted by Crippen LogP contribution is -2.63. The minimum atomic E-state index is -0.459. The van der Waals surface area contributed by atoms with Crippen LogP contribution in [0.4, 0.5) is 10.5 Å². The fourth-order valence-electron chi connectivity index (χ4n) is 5.55. The molecule has 1 aliphatic carbocycles. The molecule has 5 amide bonds. The van der Waals surface area contributed by atoms with E-state index in [2.05, 4.69) is 10.6 Å². The van der Waals surface area contributed by atoms with Crippen LogP contribution in [0.25, 0.3) is 0 Å². The Morgan fingerprint density at radius 3 is 2.37 bits per heavy atom. The van der Waals surface area contributed by atoms with Gasteiger partial charge in [0.2, 0.25) is 11.8 Å². The van der Waals surface area contributed by atoms with Crippen LogP contribution in [0.5, 0.6) is 0 Å². The summed E-state index contributed by atoms with van der Waals surface area (Å²) in [5.74, 6) is -1.08. The Morgan fingerprint density at radius 1 is 0.927 bits per heavy atom. The number of nitrogens with zero attached hydrogens (tertiary/aromatic N) is 2. The second-order valence-corrected chi connectivity index (χ2v) is 11.1. The lowest BCUT2D eigenvalue weighted by molar-refractivity contribution is -0.142. The first-order valence-electron chi connectivity index (χ1n) is 13.9. The maximum Gasteiger partial charge on any atom is 0.327 e. The molecule has 3 aromatic rings. The summed E-state index contributed by atoms with van der Waals surface area (Å²) in [5, 5.41) is 6.31. The molecule has 2 unspecified atom stereocenters. The summed E-state index contributed by atoms with van der Waals surface area (Å²) in [6.07, 6.45) is 3.22. The van der Waals surface area contributed by atoms with Crippen molar-refractivity contribution in [3.05, 3.63) is 100 Å². The first-order chi connectivity index (χ1) is 19.8. The number of hydrogen-bond donors (Lipinski definition) is 2. The van der Waals surface area contributed by atoms with Crippen molar-refractivity contribution in [2.45, 2.75) is 51.7 Å². The zero-order chi connectivity index (χ0) is 28.9. The van der Waals surface area contributed by atoms with Crippen molar-refractivity contribution in [2.75, 3.05) is 11.9 Å². The van der Waals surface area contributed by atoms with Crippen LogP contribution in [-0.2, 0) is 22.7 Å². The van der Waals surface area contributed by atoms with Crippen LogP contribution in [0.15, 0.2) is 72.8 Å². The molecular formula is C32H33ClN4O4. The predicted molar refractivity (Wildman–Crippen MR) is 157 cm³/mol. The van der Waals surface area contributed by atoms with Crippen molar-refractivity contribution in [3.63, 3.8) is 0 Å². The third-order valence-corrected chi connectivity index (χ3v) is 8.16. The number of benzene rings is 3. The monoisotopic (exact) mass is 572 g/mol. The second-order valence-electron chi connectivity index (χ2n) is 10.7. The number of hydrogen-bond acceptors (Lipinski definition) is 4. The first kappa shape index (κ1) is 28.4. The number of carbonyl (C=O) groups is 4. The third kappa shape index (κ3) is 6.60. The standard InChI is InChI=1S/C32H33ClN4O4/c1-21-10-16-25(17-11-21)35-29(38)20-36-28-9-5-3-7-26(28)31(40)37(32(36)41)19-22-12-14-23(15-13-22)30(39)34-18-24-6-2-4-8-27(24)33/h2,4,6,8,10-17,26,28H,3,5,7,9,18-20H2,1H3,(H,34,39)(H,35,38). The summed E-state index contributed by atoms with van der Waals surface area (Å²) in [6, 6.07) is 20.9. The number of rotatable bonds is 8. The number of fused-ring (bicyclic) bond motifs is 1. The van der Waals surface area contributed by atoms with E-state index in [1.54, 1.807) is 35.2 Å². The summed E-state index contributed by atoms with van der Waals surface area (Å²) in [7, 11) is 0. The molecule has 1 saturated carbocycles. The van der Waals surface area contributed by atoms with Crippen LogP contribution in [0, 0.1) is 12.8 Å². The van der Waals surface area contributed by atoms with Crippen molar-refractivity contribution in [1.29, 1.82) is 0 Å². The van der Waals surface area contributed by atoms with Crippen molar-refractivity contribution in [1.82, 2.24) is 15.1 Å². The number of halogens is 1. The maximum atomic E-state index is 13.6. The third-order valence-electron chi connectivity index (χ3n) is 7.79. The van der Waals surface area contributed by atoms with Crippen molar-refractivity contribution >= 4 is 41.0 Å². The van der Waals surface area contributed by atoms with Gasteiger partial charge >= 0.3 is 6.03 Å². The second kappa shape index (κ2) is 12.6. The number of anilines is 1. The molecule has 5 rings (SSSR count). The zero-order valence-electron chi connectivity index (χ0n) is 22.9. The van der Waals surface area contributed by atoms with Crippen molar-refractivity contribution < 1.29 is 19.2 Å². The smallest absolute Gasteiger partial charge is 0.327 e. The molecule has 8 nitrogen and oxygen atoms in total. The highest BCUT2D eigenvalue weighted by Gasteiger charge is 2.47. The van der Waals surface area contributed by atoms with Gasteiger partial charge in [-0.2, -0.15) is 0 Å². The molecule has 41 heavy (non-hydrogen) atoms. The van der Waals surface area contributed by atoms with Gasteiger partial charge in [-0.15, -0.1) is 0 Å². The van der Waals surface area contributed by atoms with Crippen molar-refractivity contribution in [2.24, 2.45) is 5.92 Å². The molecule has 1 aliphatic heterocycles. The number of nitrogens with one attached hydrogen (secondary N) is 2. The van der Waals surface area contributed by atoms with Gasteiger partial charge in [0.1, 0.15) is 6.54 Å². The van der Waals surface area contributed by atoms with Crippen LogP contribution >= 0.6 is 11.6 Å². The minimum Gasteiger partial charge on any atom is -0.348 e. The normalized spacial score (nSPS) is 18.6. The zero-order valence-corrected chi connectivity index (χ0v) is 23.7. The predicted octanol–water partition coefficient (Wildman–Crippen LogP) is 5.54. The van der Waals surface area contributed by atoms with Crippen LogP contribution in [0.2, 0.25) is 5.02 Å². The average Bonchev–Trinajstić information content (AvgIpc) is 2.98. The van der Waals surface area contributed by atoms with Crippen LogP contribution < -0.4 is 10.6 Å².